The summed E-state index contributed by atoms with van der Waals surface area (Å²) in [6.45, 7) is -0.0162. The molecule has 0 unspecified atom stereocenters. The van der Waals surface area contributed by atoms with E-state index >= 15 is 0 Å². The minimum absolute atomic E-state index is 0.0162. The number of hydrogen-bond acceptors (Lipinski definition) is 5. The predicted molar refractivity (Wildman–Crippen MR) is 88.9 cm³/mol. The average Bonchev–Trinajstić information content (AvgIpc) is 2.60. The molecule has 0 saturated heterocycles. The molecule has 138 valence electrons. The van der Waals surface area contributed by atoms with Crippen LogP contribution in [0, 0.1) is 21.7 Å². The molecule has 1 aliphatic rings. The Kier molecular flexibility index (Phi) is 4.53. The summed E-state index contributed by atoms with van der Waals surface area (Å²) in [7, 11) is -3.06. The lowest BCUT2D eigenvalue weighted by molar-refractivity contribution is -0.386. The molecule has 2 aromatic carbocycles. The van der Waals surface area contributed by atoms with E-state index in [0.717, 1.165) is 28.6 Å². The van der Waals surface area contributed by atoms with Crippen LogP contribution in [0.2, 0.25) is 0 Å². The first kappa shape index (κ1) is 18.1. The SMILES string of the molecule is COc1ccc(S(=O)(=O)N2CCCc3cc(F)cc(F)c32)cc1[N+](=O)[O-]. The third-order valence-corrected chi connectivity index (χ3v) is 5.89. The molecule has 3 rings (SSSR count). The normalized spacial score (nSPS) is 14.0. The topological polar surface area (TPSA) is 89.8 Å². The Bertz CT molecular complexity index is 994. The summed E-state index contributed by atoms with van der Waals surface area (Å²) in [6.07, 6.45) is 0.701. The second-order valence-electron chi connectivity index (χ2n) is 5.67. The highest BCUT2D eigenvalue weighted by molar-refractivity contribution is 7.92. The monoisotopic (exact) mass is 384 g/mol. The zero-order valence-corrected chi connectivity index (χ0v) is 14.4. The van der Waals surface area contributed by atoms with Gasteiger partial charge in [0.05, 0.1) is 22.6 Å². The van der Waals surface area contributed by atoms with Crippen molar-refractivity contribution < 1.29 is 26.9 Å². The summed E-state index contributed by atoms with van der Waals surface area (Å²) >= 11 is 0. The molecule has 0 bridgehead atoms. The van der Waals surface area contributed by atoms with Crippen LogP contribution in [0.3, 0.4) is 0 Å². The number of halogens is 2. The van der Waals surface area contributed by atoms with E-state index in [-0.39, 0.29) is 28.4 Å². The number of rotatable bonds is 4. The van der Waals surface area contributed by atoms with Crippen molar-refractivity contribution >= 4 is 21.4 Å². The van der Waals surface area contributed by atoms with Crippen LogP contribution in [0.4, 0.5) is 20.2 Å². The molecule has 2 aromatic rings. The molecule has 7 nitrogen and oxygen atoms in total. The number of aryl methyl sites for hydroxylation is 1. The van der Waals surface area contributed by atoms with Crippen LogP contribution in [0.15, 0.2) is 35.2 Å². The molecule has 0 aliphatic carbocycles. The van der Waals surface area contributed by atoms with Crippen molar-refractivity contribution in [3.8, 4) is 5.75 Å². The molecule has 10 heteroatoms. The first-order valence-corrected chi connectivity index (χ1v) is 9.03. The Hall–Kier alpha value is -2.75. The maximum absolute atomic E-state index is 14.3. The Balaban J connectivity index is 2.14. The van der Waals surface area contributed by atoms with Crippen LogP contribution < -0.4 is 9.04 Å². The van der Waals surface area contributed by atoms with Crippen LogP contribution in [-0.2, 0) is 16.4 Å². The Labute approximate surface area is 148 Å². The molecule has 0 atom stereocenters. The largest absolute Gasteiger partial charge is 0.490 e. The fourth-order valence-electron chi connectivity index (χ4n) is 2.95. The minimum Gasteiger partial charge on any atom is -0.490 e. The molecule has 0 aromatic heterocycles. The number of nitrogens with zero attached hydrogens (tertiary/aromatic N) is 2. The molecule has 0 spiro atoms. The molecule has 0 amide bonds. The molecule has 0 radical (unpaired) electrons. The number of nitro groups is 1. The molecular weight excluding hydrogens is 370 g/mol. The number of methoxy groups -OCH3 is 1. The van der Waals surface area contributed by atoms with E-state index in [9.17, 15) is 27.3 Å². The number of nitro benzene ring substituents is 1. The number of benzene rings is 2. The Morgan fingerprint density at radius 2 is 1.96 bits per heavy atom. The van der Waals surface area contributed by atoms with E-state index in [2.05, 4.69) is 0 Å². The number of ether oxygens (including phenoxy) is 1. The van der Waals surface area contributed by atoms with Gasteiger partial charge in [-0.3, -0.25) is 14.4 Å². The molecular formula is C16H14F2N2O5S. The fraction of sp³-hybridized carbons (Fsp3) is 0.250. The summed E-state index contributed by atoms with van der Waals surface area (Å²) < 4.78 is 59.3. The summed E-state index contributed by atoms with van der Waals surface area (Å²) in [6, 6.07) is 4.89. The first-order chi connectivity index (χ1) is 12.3. The summed E-state index contributed by atoms with van der Waals surface area (Å²) in [5.74, 6) is -1.88. The van der Waals surface area contributed by atoms with Gasteiger partial charge in [0.1, 0.15) is 5.82 Å². The van der Waals surface area contributed by atoms with E-state index in [4.69, 9.17) is 4.74 Å². The van der Waals surface area contributed by atoms with E-state index in [1.165, 1.54) is 7.11 Å². The van der Waals surface area contributed by atoms with Crippen molar-refractivity contribution in [1.29, 1.82) is 0 Å². The minimum atomic E-state index is -4.28. The fourth-order valence-corrected chi connectivity index (χ4v) is 4.52. The third-order valence-electron chi connectivity index (χ3n) is 4.10. The van der Waals surface area contributed by atoms with Crippen LogP contribution >= 0.6 is 0 Å². The van der Waals surface area contributed by atoms with E-state index < -0.39 is 32.3 Å². The van der Waals surface area contributed by atoms with Gasteiger partial charge in [-0.2, -0.15) is 0 Å². The molecule has 1 heterocycles. The lowest BCUT2D eigenvalue weighted by Gasteiger charge is -2.30. The molecule has 26 heavy (non-hydrogen) atoms. The van der Waals surface area contributed by atoms with Crippen molar-refractivity contribution in [3.05, 3.63) is 57.6 Å². The highest BCUT2D eigenvalue weighted by Crippen LogP contribution is 2.37. The second kappa shape index (κ2) is 6.52. The maximum atomic E-state index is 14.3. The van der Waals surface area contributed by atoms with Gasteiger partial charge in [0.25, 0.3) is 10.0 Å². The van der Waals surface area contributed by atoms with Crippen LogP contribution in [-0.4, -0.2) is 27.0 Å². The van der Waals surface area contributed by atoms with Crippen LogP contribution in [0.25, 0.3) is 0 Å². The van der Waals surface area contributed by atoms with Gasteiger partial charge in [-0.25, -0.2) is 17.2 Å². The summed E-state index contributed by atoms with van der Waals surface area (Å²) in [5.41, 5.74) is -0.512. The van der Waals surface area contributed by atoms with Crippen molar-refractivity contribution in [3.63, 3.8) is 0 Å². The van der Waals surface area contributed by atoms with Gasteiger partial charge in [0.15, 0.2) is 11.6 Å². The van der Waals surface area contributed by atoms with Gasteiger partial charge < -0.3 is 4.74 Å². The first-order valence-electron chi connectivity index (χ1n) is 7.59. The lowest BCUT2D eigenvalue weighted by Crippen LogP contribution is -2.36. The standard InChI is InChI=1S/C16H14F2N2O5S/c1-25-15-5-4-12(9-14(15)20(21)22)26(23,24)19-6-2-3-10-7-11(17)8-13(18)16(10)19/h4-5,7-9H,2-3,6H2,1H3. The Morgan fingerprint density at radius 3 is 2.62 bits per heavy atom. The molecule has 0 N–H and O–H groups in total. The molecule has 0 saturated carbocycles. The highest BCUT2D eigenvalue weighted by Gasteiger charge is 2.33. The molecule has 0 fully saturated rings. The van der Waals surface area contributed by atoms with Crippen molar-refractivity contribution in [1.82, 2.24) is 0 Å². The van der Waals surface area contributed by atoms with Crippen molar-refractivity contribution in [2.45, 2.75) is 17.7 Å². The summed E-state index contributed by atoms with van der Waals surface area (Å²) in [4.78, 5) is 10.0. The van der Waals surface area contributed by atoms with Crippen LogP contribution in [0.5, 0.6) is 5.75 Å². The zero-order valence-electron chi connectivity index (χ0n) is 13.6. The number of sulfonamides is 1. The smallest absolute Gasteiger partial charge is 0.312 e. The third kappa shape index (κ3) is 2.96. The predicted octanol–water partition coefficient (Wildman–Crippen LogP) is 3.02. The quantitative estimate of drug-likeness (QED) is 0.597. The van der Waals surface area contributed by atoms with Crippen molar-refractivity contribution in [2.24, 2.45) is 0 Å². The average molecular weight is 384 g/mol. The number of hydrogen-bond donors (Lipinski definition) is 0. The maximum Gasteiger partial charge on any atom is 0.312 e. The lowest BCUT2D eigenvalue weighted by atomic mass is 10.0. The Morgan fingerprint density at radius 1 is 1.23 bits per heavy atom. The van der Waals surface area contributed by atoms with E-state index in [0.29, 0.717) is 18.9 Å². The van der Waals surface area contributed by atoms with Gasteiger partial charge in [-0.05, 0) is 36.6 Å². The van der Waals surface area contributed by atoms with Crippen molar-refractivity contribution in [2.75, 3.05) is 18.0 Å². The van der Waals surface area contributed by atoms with Gasteiger partial charge in [-0.15, -0.1) is 0 Å². The van der Waals surface area contributed by atoms with E-state index in [1.54, 1.807) is 0 Å². The highest BCUT2D eigenvalue weighted by atomic mass is 32.2. The molecule has 1 aliphatic heterocycles. The van der Waals surface area contributed by atoms with Gasteiger partial charge in [0.2, 0.25) is 0 Å². The summed E-state index contributed by atoms with van der Waals surface area (Å²) in [5, 5.41) is 11.1. The zero-order chi connectivity index (χ0) is 19.1. The number of fused-ring (bicyclic) bond motifs is 1. The van der Waals surface area contributed by atoms with Crippen LogP contribution in [0.1, 0.15) is 12.0 Å². The van der Waals surface area contributed by atoms with E-state index in [1.807, 2.05) is 0 Å². The van der Waals surface area contributed by atoms with Gasteiger partial charge >= 0.3 is 5.69 Å². The van der Waals surface area contributed by atoms with Gasteiger partial charge in [0, 0.05) is 18.7 Å². The second-order valence-corrected chi connectivity index (χ2v) is 7.53. The number of anilines is 1. The van der Waals surface area contributed by atoms with Gasteiger partial charge in [-0.1, -0.05) is 0 Å².